The van der Waals surface area contributed by atoms with Crippen molar-refractivity contribution in [3.05, 3.63) is 0 Å². The molecule has 1 fully saturated rings. The fourth-order valence-electron chi connectivity index (χ4n) is 1.55. The lowest BCUT2D eigenvalue weighted by molar-refractivity contribution is 0.585. The van der Waals surface area contributed by atoms with E-state index in [4.69, 9.17) is 0 Å². The van der Waals surface area contributed by atoms with Crippen molar-refractivity contribution in [3.63, 3.8) is 0 Å². The Bertz CT molecular complexity index is 381. The molecular formula is C11H24N4O2S. The van der Waals surface area contributed by atoms with Crippen LogP contribution in [0, 0.1) is 5.92 Å². The molecule has 0 radical (unpaired) electrons. The SMILES string of the molecule is CCNC(=NCCCNS(C)(=O)=O)NC1CC1C. The molecule has 2 unspecified atom stereocenters. The molecule has 106 valence electrons. The Labute approximate surface area is 110 Å². The molecule has 0 aromatic rings. The van der Waals surface area contributed by atoms with Gasteiger partial charge in [-0.25, -0.2) is 13.1 Å². The molecule has 18 heavy (non-hydrogen) atoms. The number of sulfonamides is 1. The summed E-state index contributed by atoms with van der Waals surface area (Å²) in [5.74, 6) is 1.55. The van der Waals surface area contributed by atoms with E-state index in [1.54, 1.807) is 0 Å². The molecule has 6 nitrogen and oxygen atoms in total. The van der Waals surface area contributed by atoms with Crippen LogP contribution in [0.3, 0.4) is 0 Å². The van der Waals surface area contributed by atoms with E-state index >= 15 is 0 Å². The smallest absolute Gasteiger partial charge is 0.208 e. The molecule has 0 aliphatic heterocycles. The quantitative estimate of drug-likeness (QED) is 0.344. The molecule has 2 atom stereocenters. The van der Waals surface area contributed by atoms with Gasteiger partial charge in [-0.05, 0) is 25.7 Å². The van der Waals surface area contributed by atoms with Crippen LogP contribution < -0.4 is 15.4 Å². The zero-order valence-electron chi connectivity index (χ0n) is 11.4. The molecule has 0 bridgehead atoms. The monoisotopic (exact) mass is 276 g/mol. The van der Waals surface area contributed by atoms with Crippen molar-refractivity contribution in [2.75, 3.05) is 25.9 Å². The molecule has 0 aromatic carbocycles. The summed E-state index contributed by atoms with van der Waals surface area (Å²) >= 11 is 0. The van der Waals surface area contributed by atoms with E-state index < -0.39 is 10.0 Å². The first kappa shape index (κ1) is 15.2. The molecule has 1 rings (SSSR count). The predicted molar refractivity (Wildman–Crippen MR) is 74.1 cm³/mol. The molecule has 1 aliphatic carbocycles. The maximum atomic E-state index is 10.8. The third-order valence-corrected chi connectivity index (χ3v) is 3.47. The molecule has 7 heteroatoms. The number of hydrogen-bond donors (Lipinski definition) is 3. The largest absolute Gasteiger partial charge is 0.357 e. The summed E-state index contributed by atoms with van der Waals surface area (Å²) in [4.78, 5) is 4.41. The van der Waals surface area contributed by atoms with Crippen molar-refractivity contribution in [2.24, 2.45) is 10.9 Å². The van der Waals surface area contributed by atoms with Crippen LogP contribution in [0.25, 0.3) is 0 Å². The van der Waals surface area contributed by atoms with Gasteiger partial charge in [-0.15, -0.1) is 0 Å². The van der Waals surface area contributed by atoms with E-state index in [0.29, 0.717) is 25.6 Å². The van der Waals surface area contributed by atoms with Gasteiger partial charge in [0.15, 0.2) is 5.96 Å². The van der Waals surface area contributed by atoms with Crippen LogP contribution in [0.4, 0.5) is 0 Å². The molecule has 0 spiro atoms. The topological polar surface area (TPSA) is 82.6 Å². The van der Waals surface area contributed by atoms with Gasteiger partial charge in [0.1, 0.15) is 0 Å². The van der Waals surface area contributed by atoms with E-state index in [1.807, 2.05) is 6.92 Å². The second-order valence-corrected chi connectivity index (χ2v) is 6.58. The van der Waals surface area contributed by atoms with Crippen LogP contribution in [0.15, 0.2) is 4.99 Å². The van der Waals surface area contributed by atoms with Crippen molar-refractivity contribution in [2.45, 2.75) is 32.7 Å². The zero-order chi connectivity index (χ0) is 13.6. The van der Waals surface area contributed by atoms with E-state index in [-0.39, 0.29) is 0 Å². The Balaban J connectivity index is 2.23. The molecule has 0 amide bonds. The fourth-order valence-corrected chi connectivity index (χ4v) is 2.06. The van der Waals surface area contributed by atoms with Gasteiger partial charge in [0.05, 0.1) is 6.26 Å². The van der Waals surface area contributed by atoms with Crippen LogP contribution in [0.1, 0.15) is 26.7 Å². The van der Waals surface area contributed by atoms with Crippen LogP contribution >= 0.6 is 0 Å². The minimum absolute atomic E-state index is 0.432. The number of nitrogens with zero attached hydrogens (tertiary/aromatic N) is 1. The summed E-state index contributed by atoms with van der Waals surface area (Å²) in [5, 5.41) is 6.53. The second-order valence-electron chi connectivity index (χ2n) is 4.74. The first-order valence-electron chi connectivity index (χ1n) is 6.42. The van der Waals surface area contributed by atoms with Gasteiger partial charge in [0, 0.05) is 25.7 Å². The fraction of sp³-hybridized carbons (Fsp3) is 0.909. The van der Waals surface area contributed by atoms with Crippen LogP contribution in [-0.2, 0) is 10.0 Å². The highest BCUT2D eigenvalue weighted by atomic mass is 32.2. The predicted octanol–water partition coefficient (Wildman–Crippen LogP) is -0.111. The summed E-state index contributed by atoms with van der Waals surface area (Å²) in [6.07, 6.45) is 3.06. The van der Waals surface area contributed by atoms with Gasteiger partial charge >= 0.3 is 0 Å². The van der Waals surface area contributed by atoms with Gasteiger partial charge in [0.2, 0.25) is 10.0 Å². The van der Waals surface area contributed by atoms with Crippen molar-refractivity contribution >= 4 is 16.0 Å². The summed E-state index contributed by atoms with van der Waals surface area (Å²) in [5.41, 5.74) is 0. The van der Waals surface area contributed by atoms with Crippen LogP contribution in [0.2, 0.25) is 0 Å². The normalized spacial score (nSPS) is 23.8. The minimum atomic E-state index is -3.08. The lowest BCUT2D eigenvalue weighted by Gasteiger charge is -2.10. The Kier molecular flexibility index (Phi) is 5.87. The van der Waals surface area contributed by atoms with Gasteiger partial charge in [-0.3, -0.25) is 4.99 Å². The number of rotatable bonds is 7. The summed E-state index contributed by atoms with van der Waals surface area (Å²) < 4.78 is 24.1. The Morgan fingerprint density at radius 2 is 2.11 bits per heavy atom. The zero-order valence-corrected chi connectivity index (χ0v) is 12.2. The minimum Gasteiger partial charge on any atom is -0.357 e. The van der Waals surface area contributed by atoms with E-state index in [0.717, 1.165) is 24.7 Å². The number of hydrogen-bond acceptors (Lipinski definition) is 3. The third kappa shape index (κ3) is 6.80. The van der Waals surface area contributed by atoms with E-state index in [1.165, 1.54) is 6.42 Å². The summed E-state index contributed by atoms with van der Waals surface area (Å²) in [7, 11) is -3.08. The summed E-state index contributed by atoms with van der Waals surface area (Å²) in [6.45, 7) is 6.10. The van der Waals surface area contributed by atoms with Crippen molar-refractivity contribution in [3.8, 4) is 0 Å². The van der Waals surface area contributed by atoms with Gasteiger partial charge in [-0.2, -0.15) is 0 Å². The summed E-state index contributed by atoms with van der Waals surface area (Å²) in [6, 6.07) is 0.539. The lowest BCUT2D eigenvalue weighted by atomic mass is 10.4. The average Bonchev–Trinajstić information content (AvgIpc) is 2.92. The van der Waals surface area contributed by atoms with Gasteiger partial charge in [0.25, 0.3) is 0 Å². The highest BCUT2D eigenvalue weighted by Crippen LogP contribution is 2.28. The van der Waals surface area contributed by atoms with Crippen LogP contribution in [0.5, 0.6) is 0 Å². The third-order valence-electron chi connectivity index (χ3n) is 2.74. The number of aliphatic imine (C=N–C) groups is 1. The van der Waals surface area contributed by atoms with Crippen molar-refractivity contribution < 1.29 is 8.42 Å². The Morgan fingerprint density at radius 3 is 2.61 bits per heavy atom. The molecule has 0 aromatic heterocycles. The van der Waals surface area contributed by atoms with E-state index in [2.05, 4.69) is 27.3 Å². The van der Waals surface area contributed by atoms with Crippen molar-refractivity contribution in [1.29, 1.82) is 0 Å². The maximum absolute atomic E-state index is 10.8. The molecule has 3 N–H and O–H groups in total. The Hall–Kier alpha value is -0.820. The van der Waals surface area contributed by atoms with E-state index in [9.17, 15) is 8.42 Å². The molecule has 1 aliphatic rings. The van der Waals surface area contributed by atoms with Gasteiger partial charge in [-0.1, -0.05) is 6.92 Å². The second kappa shape index (κ2) is 6.94. The number of guanidine groups is 1. The highest BCUT2D eigenvalue weighted by molar-refractivity contribution is 7.88. The highest BCUT2D eigenvalue weighted by Gasteiger charge is 2.33. The Morgan fingerprint density at radius 1 is 1.44 bits per heavy atom. The van der Waals surface area contributed by atoms with Crippen molar-refractivity contribution in [1.82, 2.24) is 15.4 Å². The first-order valence-corrected chi connectivity index (χ1v) is 8.31. The average molecular weight is 276 g/mol. The molecular weight excluding hydrogens is 252 g/mol. The van der Waals surface area contributed by atoms with Crippen LogP contribution in [-0.4, -0.2) is 46.3 Å². The first-order chi connectivity index (χ1) is 8.42. The standard InChI is InChI=1S/C11H24N4O2S/c1-4-12-11(15-10-8-9(10)2)13-6-5-7-14-18(3,16)17/h9-10,14H,4-8H2,1-3H3,(H2,12,13,15). The molecule has 1 saturated carbocycles. The lowest BCUT2D eigenvalue weighted by Crippen LogP contribution is -2.39. The number of nitrogens with one attached hydrogen (secondary N) is 3. The van der Waals surface area contributed by atoms with Gasteiger partial charge < -0.3 is 10.6 Å². The molecule has 0 heterocycles. The molecule has 0 saturated heterocycles. The maximum Gasteiger partial charge on any atom is 0.208 e.